The average molecular weight is 304 g/mol. The predicted octanol–water partition coefficient (Wildman–Crippen LogP) is 2.67. The van der Waals surface area contributed by atoms with E-state index in [-0.39, 0.29) is 12.1 Å². The van der Waals surface area contributed by atoms with Gasteiger partial charge in [-0.15, -0.1) is 0 Å². The summed E-state index contributed by atoms with van der Waals surface area (Å²) in [6, 6.07) is 3.16. The van der Waals surface area contributed by atoms with Gasteiger partial charge in [0.25, 0.3) is 0 Å². The number of hydrazine groups is 1. The monoisotopic (exact) mass is 304 g/mol. The van der Waals surface area contributed by atoms with Crippen LogP contribution in [-0.4, -0.2) is 29.7 Å². The van der Waals surface area contributed by atoms with Crippen LogP contribution >= 0.6 is 0 Å². The van der Waals surface area contributed by atoms with E-state index in [0.717, 1.165) is 11.1 Å². The molecule has 21 heavy (non-hydrogen) atoms. The molecule has 1 N–H and O–H groups in total. The highest BCUT2D eigenvalue weighted by Gasteiger charge is 2.50. The van der Waals surface area contributed by atoms with E-state index in [0.29, 0.717) is 0 Å². The van der Waals surface area contributed by atoms with E-state index >= 15 is 0 Å². The minimum atomic E-state index is -4.53. The standard InChI is InChI=1S/C14H16F4N2O/c1-13(2)8-20(19-12(13)21)11(14(16,17)18)7-9-4-3-5-10(15)6-9/h3-6,11H,7-8H2,1-2H3,(H,19,21)/t11-/m0/s1. The number of amides is 1. The van der Waals surface area contributed by atoms with E-state index in [2.05, 4.69) is 5.43 Å². The van der Waals surface area contributed by atoms with Gasteiger partial charge < -0.3 is 0 Å². The number of hydrogen-bond acceptors (Lipinski definition) is 2. The van der Waals surface area contributed by atoms with Crippen LogP contribution in [0.5, 0.6) is 0 Å². The molecule has 0 unspecified atom stereocenters. The first-order valence-electron chi connectivity index (χ1n) is 6.48. The molecule has 0 saturated carbocycles. The highest BCUT2D eigenvalue weighted by molar-refractivity contribution is 5.83. The van der Waals surface area contributed by atoms with E-state index in [4.69, 9.17) is 0 Å². The summed E-state index contributed by atoms with van der Waals surface area (Å²) in [5.41, 5.74) is 1.62. The lowest BCUT2D eigenvalue weighted by molar-refractivity contribution is -0.188. The summed E-state index contributed by atoms with van der Waals surface area (Å²) in [5, 5.41) is 0.896. The smallest absolute Gasteiger partial charge is 0.288 e. The van der Waals surface area contributed by atoms with Crippen molar-refractivity contribution in [2.24, 2.45) is 5.41 Å². The lowest BCUT2D eigenvalue weighted by atomic mass is 9.94. The number of nitrogens with one attached hydrogen (secondary N) is 1. The second-order valence-corrected chi connectivity index (χ2v) is 5.84. The van der Waals surface area contributed by atoms with Gasteiger partial charge >= 0.3 is 6.18 Å². The molecular weight excluding hydrogens is 288 g/mol. The Morgan fingerprint density at radius 2 is 2.05 bits per heavy atom. The first-order valence-corrected chi connectivity index (χ1v) is 6.48. The van der Waals surface area contributed by atoms with E-state index in [1.165, 1.54) is 18.2 Å². The topological polar surface area (TPSA) is 32.3 Å². The Labute approximate surface area is 119 Å². The van der Waals surface area contributed by atoms with Crippen LogP contribution in [0.2, 0.25) is 0 Å². The Hall–Kier alpha value is -1.63. The van der Waals surface area contributed by atoms with Gasteiger partial charge in [-0.1, -0.05) is 12.1 Å². The van der Waals surface area contributed by atoms with Crippen molar-refractivity contribution >= 4 is 5.91 Å². The summed E-state index contributed by atoms with van der Waals surface area (Å²) >= 11 is 0. The number of nitrogens with zero attached hydrogens (tertiary/aromatic N) is 1. The molecule has 0 bridgehead atoms. The SMILES string of the molecule is CC1(C)CN([C@@H](Cc2cccc(F)c2)C(F)(F)F)NC1=O. The van der Waals surface area contributed by atoms with Crippen molar-refractivity contribution in [2.75, 3.05) is 6.54 Å². The maximum Gasteiger partial charge on any atom is 0.406 e. The molecule has 1 aliphatic rings. The van der Waals surface area contributed by atoms with E-state index in [1.54, 1.807) is 13.8 Å². The molecule has 1 heterocycles. The molecule has 7 heteroatoms. The van der Waals surface area contributed by atoms with Crippen LogP contribution in [0.1, 0.15) is 19.4 Å². The third-order valence-corrected chi connectivity index (χ3v) is 3.50. The lowest BCUT2D eigenvalue weighted by Crippen LogP contribution is -2.51. The first kappa shape index (κ1) is 15.8. The van der Waals surface area contributed by atoms with Crippen molar-refractivity contribution in [3.8, 4) is 0 Å². The molecule has 1 aliphatic heterocycles. The Bertz CT molecular complexity index is 542. The van der Waals surface area contributed by atoms with Crippen molar-refractivity contribution < 1.29 is 22.4 Å². The van der Waals surface area contributed by atoms with E-state index in [9.17, 15) is 22.4 Å². The summed E-state index contributed by atoms with van der Waals surface area (Å²) in [5.74, 6) is -1.03. The molecule has 1 amide bonds. The number of carbonyl (C=O) groups excluding carboxylic acids is 1. The number of rotatable bonds is 3. The minimum absolute atomic E-state index is 0.0503. The third-order valence-electron chi connectivity index (χ3n) is 3.50. The quantitative estimate of drug-likeness (QED) is 0.871. The maximum absolute atomic E-state index is 13.3. The molecule has 0 spiro atoms. The zero-order valence-corrected chi connectivity index (χ0v) is 11.7. The van der Waals surface area contributed by atoms with Crippen molar-refractivity contribution in [3.63, 3.8) is 0 Å². The highest BCUT2D eigenvalue weighted by atomic mass is 19.4. The number of hydrogen-bond donors (Lipinski definition) is 1. The van der Waals surface area contributed by atoms with Gasteiger partial charge in [-0.25, -0.2) is 9.40 Å². The van der Waals surface area contributed by atoms with Crippen LogP contribution in [0.25, 0.3) is 0 Å². The Morgan fingerprint density at radius 3 is 2.52 bits per heavy atom. The zero-order chi connectivity index (χ0) is 15.8. The molecule has 1 saturated heterocycles. The molecule has 1 aromatic rings. The molecular formula is C14H16F4N2O. The highest BCUT2D eigenvalue weighted by Crippen LogP contribution is 2.32. The normalized spacial score (nSPS) is 20.4. The summed E-state index contributed by atoms with van der Waals surface area (Å²) in [7, 11) is 0. The number of carbonyl (C=O) groups is 1. The molecule has 0 radical (unpaired) electrons. The van der Waals surface area contributed by atoms with E-state index in [1.807, 2.05) is 0 Å². The number of benzene rings is 1. The predicted molar refractivity (Wildman–Crippen MR) is 68.6 cm³/mol. The number of halogens is 4. The Balaban J connectivity index is 2.23. The summed E-state index contributed by atoms with van der Waals surface area (Å²) in [6.45, 7) is 3.11. The van der Waals surface area contributed by atoms with Crippen LogP contribution in [0, 0.1) is 11.2 Å². The molecule has 1 atom stereocenters. The molecule has 0 aliphatic carbocycles. The minimum Gasteiger partial charge on any atom is -0.288 e. The fraction of sp³-hybridized carbons (Fsp3) is 0.500. The van der Waals surface area contributed by atoms with Crippen LogP contribution in [-0.2, 0) is 11.2 Å². The van der Waals surface area contributed by atoms with Crippen molar-refractivity contribution in [1.82, 2.24) is 10.4 Å². The van der Waals surface area contributed by atoms with Crippen LogP contribution in [0.3, 0.4) is 0 Å². The molecule has 1 aromatic carbocycles. The van der Waals surface area contributed by atoms with Gasteiger partial charge in [0, 0.05) is 6.54 Å². The first-order chi connectivity index (χ1) is 9.59. The molecule has 0 aromatic heterocycles. The lowest BCUT2D eigenvalue weighted by Gasteiger charge is -2.29. The fourth-order valence-electron chi connectivity index (χ4n) is 2.30. The van der Waals surface area contributed by atoms with Crippen LogP contribution < -0.4 is 5.43 Å². The second kappa shape index (κ2) is 5.29. The fourth-order valence-corrected chi connectivity index (χ4v) is 2.30. The summed E-state index contributed by atoms with van der Waals surface area (Å²) in [6.07, 6.45) is -4.95. The van der Waals surface area contributed by atoms with Crippen LogP contribution in [0.4, 0.5) is 17.6 Å². The molecule has 1 fully saturated rings. The van der Waals surface area contributed by atoms with Gasteiger partial charge in [0.05, 0.1) is 5.41 Å². The maximum atomic E-state index is 13.3. The number of alkyl halides is 3. The van der Waals surface area contributed by atoms with Gasteiger partial charge in [0.2, 0.25) is 5.91 Å². The van der Waals surface area contributed by atoms with Gasteiger partial charge in [0.1, 0.15) is 11.9 Å². The summed E-state index contributed by atoms with van der Waals surface area (Å²) < 4.78 is 52.9. The zero-order valence-electron chi connectivity index (χ0n) is 11.7. The molecule has 3 nitrogen and oxygen atoms in total. The third kappa shape index (κ3) is 3.53. The van der Waals surface area contributed by atoms with E-state index < -0.39 is 35.8 Å². The van der Waals surface area contributed by atoms with Crippen LogP contribution in [0.15, 0.2) is 24.3 Å². The molecule has 2 rings (SSSR count). The average Bonchev–Trinajstić information content (AvgIpc) is 2.59. The van der Waals surface area contributed by atoms with Gasteiger partial charge in [-0.3, -0.25) is 10.2 Å². The second-order valence-electron chi connectivity index (χ2n) is 5.84. The summed E-state index contributed by atoms with van der Waals surface area (Å²) in [4.78, 5) is 11.7. The Kier molecular flexibility index (Phi) is 3.97. The van der Waals surface area contributed by atoms with Gasteiger partial charge in [0.15, 0.2) is 0 Å². The van der Waals surface area contributed by atoms with Gasteiger partial charge in [-0.2, -0.15) is 13.2 Å². The van der Waals surface area contributed by atoms with Crippen molar-refractivity contribution in [2.45, 2.75) is 32.5 Å². The van der Waals surface area contributed by atoms with Gasteiger partial charge in [-0.05, 0) is 38.0 Å². The Morgan fingerprint density at radius 1 is 1.38 bits per heavy atom. The molecule has 116 valence electrons. The van der Waals surface area contributed by atoms with Crippen molar-refractivity contribution in [3.05, 3.63) is 35.6 Å². The van der Waals surface area contributed by atoms with Crippen molar-refractivity contribution in [1.29, 1.82) is 0 Å². The largest absolute Gasteiger partial charge is 0.406 e.